The van der Waals surface area contributed by atoms with E-state index in [1.807, 2.05) is 6.07 Å². The second-order valence-electron chi connectivity index (χ2n) is 6.44. The zero-order valence-electron chi connectivity index (χ0n) is 15.3. The topological polar surface area (TPSA) is 83.5 Å². The second-order valence-corrected chi connectivity index (χ2v) is 6.44. The van der Waals surface area contributed by atoms with Crippen molar-refractivity contribution < 1.29 is 23.9 Å². The molecule has 0 aromatic heterocycles. The van der Waals surface area contributed by atoms with Crippen molar-refractivity contribution in [3.8, 4) is 0 Å². The minimum atomic E-state index is -1.24. The minimum absolute atomic E-state index is 0.00463. The van der Waals surface area contributed by atoms with E-state index in [1.165, 1.54) is 18.2 Å². The fourth-order valence-corrected chi connectivity index (χ4v) is 2.87. The molecule has 1 atom stereocenters. The van der Waals surface area contributed by atoms with E-state index >= 15 is 0 Å². The number of aliphatic carboxylic acids is 1. The van der Waals surface area contributed by atoms with Crippen molar-refractivity contribution in [2.24, 2.45) is 0 Å². The van der Waals surface area contributed by atoms with Gasteiger partial charge in [0.05, 0.1) is 5.56 Å². The average Bonchev–Trinajstić information content (AvgIpc) is 2.74. The summed E-state index contributed by atoms with van der Waals surface area (Å²) in [5.74, 6) is -2.90. The summed E-state index contributed by atoms with van der Waals surface area (Å²) in [6, 6.07) is 19.4. The molecule has 5 nitrogen and oxygen atoms in total. The lowest BCUT2D eigenvalue weighted by Crippen LogP contribution is -2.42. The summed E-state index contributed by atoms with van der Waals surface area (Å²) >= 11 is 0. The Hall–Kier alpha value is -3.80. The molecule has 3 rings (SSSR count). The Morgan fingerprint density at radius 3 is 2.03 bits per heavy atom. The Bertz CT molecular complexity index is 1030. The van der Waals surface area contributed by atoms with Crippen LogP contribution in [0.2, 0.25) is 0 Å². The van der Waals surface area contributed by atoms with Crippen LogP contribution in [0.4, 0.5) is 4.39 Å². The van der Waals surface area contributed by atoms with Gasteiger partial charge in [0.2, 0.25) is 0 Å². The maximum Gasteiger partial charge on any atom is 0.326 e. The van der Waals surface area contributed by atoms with E-state index in [-0.39, 0.29) is 17.8 Å². The molecule has 0 aliphatic carbocycles. The van der Waals surface area contributed by atoms with Crippen LogP contribution < -0.4 is 5.32 Å². The maximum atomic E-state index is 13.7. The number of carbonyl (C=O) groups excluding carboxylic acids is 2. The SMILES string of the molecule is O=C(c1ccccc1)c1ccc(C[C@H](NC(=O)c2ccccc2F)C(=O)O)cc1. The van der Waals surface area contributed by atoms with E-state index in [2.05, 4.69) is 5.32 Å². The molecule has 146 valence electrons. The first-order valence-corrected chi connectivity index (χ1v) is 8.92. The van der Waals surface area contributed by atoms with E-state index in [1.54, 1.807) is 48.5 Å². The molecule has 0 saturated heterocycles. The van der Waals surface area contributed by atoms with Crippen molar-refractivity contribution in [1.82, 2.24) is 5.32 Å². The van der Waals surface area contributed by atoms with Crippen molar-refractivity contribution in [3.63, 3.8) is 0 Å². The lowest BCUT2D eigenvalue weighted by atomic mass is 9.99. The lowest BCUT2D eigenvalue weighted by Gasteiger charge is -2.15. The van der Waals surface area contributed by atoms with E-state index in [9.17, 15) is 23.9 Å². The lowest BCUT2D eigenvalue weighted by molar-refractivity contribution is -0.139. The number of benzene rings is 3. The third kappa shape index (κ3) is 4.93. The number of hydrogen-bond acceptors (Lipinski definition) is 3. The first-order chi connectivity index (χ1) is 14.0. The van der Waals surface area contributed by atoms with Gasteiger partial charge >= 0.3 is 5.97 Å². The average molecular weight is 391 g/mol. The van der Waals surface area contributed by atoms with Crippen molar-refractivity contribution in [1.29, 1.82) is 0 Å². The van der Waals surface area contributed by atoms with Crippen LogP contribution in [-0.4, -0.2) is 28.8 Å². The first kappa shape index (κ1) is 19.9. The van der Waals surface area contributed by atoms with Gasteiger partial charge in [-0.15, -0.1) is 0 Å². The Balaban J connectivity index is 1.71. The van der Waals surface area contributed by atoms with Gasteiger partial charge in [-0.3, -0.25) is 9.59 Å². The fourth-order valence-electron chi connectivity index (χ4n) is 2.87. The monoisotopic (exact) mass is 391 g/mol. The molecule has 0 spiro atoms. The predicted molar refractivity (Wildman–Crippen MR) is 105 cm³/mol. The molecule has 0 saturated carbocycles. The quantitative estimate of drug-likeness (QED) is 0.604. The normalized spacial score (nSPS) is 11.5. The van der Waals surface area contributed by atoms with E-state index < -0.39 is 23.7 Å². The zero-order valence-corrected chi connectivity index (χ0v) is 15.3. The number of amides is 1. The zero-order chi connectivity index (χ0) is 20.8. The van der Waals surface area contributed by atoms with Gasteiger partial charge in [-0.25, -0.2) is 9.18 Å². The summed E-state index contributed by atoms with van der Waals surface area (Å²) in [4.78, 5) is 36.2. The number of carbonyl (C=O) groups is 3. The fraction of sp³-hybridized carbons (Fsp3) is 0.0870. The summed E-state index contributed by atoms with van der Waals surface area (Å²) in [7, 11) is 0. The molecule has 0 bridgehead atoms. The molecule has 29 heavy (non-hydrogen) atoms. The van der Waals surface area contributed by atoms with Crippen LogP contribution >= 0.6 is 0 Å². The summed E-state index contributed by atoms with van der Waals surface area (Å²) < 4.78 is 13.7. The van der Waals surface area contributed by atoms with E-state index in [4.69, 9.17) is 0 Å². The number of nitrogens with one attached hydrogen (secondary N) is 1. The molecule has 0 heterocycles. The number of carboxylic acids is 1. The van der Waals surface area contributed by atoms with Crippen molar-refractivity contribution >= 4 is 17.7 Å². The third-order valence-electron chi connectivity index (χ3n) is 4.41. The van der Waals surface area contributed by atoms with Crippen LogP contribution in [0, 0.1) is 5.82 Å². The van der Waals surface area contributed by atoms with Crippen LogP contribution in [0.1, 0.15) is 31.8 Å². The largest absolute Gasteiger partial charge is 0.480 e. The van der Waals surface area contributed by atoms with Crippen LogP contribution in [0.25, 0.3) is 0 Å². The highest BCUT2D eigenvalue weighted by Crippen LogP contribution is 2.13. The van der Waals surface area contributed by atoms with Crippen LogP contribution in [0.15, 0.2) is 78.9 Å². The summed E-state index contributed by atoms with van der Waals surface area (Å²) in [6.07, 6.45) is -0.00463. The van der Waals surface area contributed by atoms with E-state index in [0.29, 0.717) is 16.7 Å². The number of hydrogen-bond donors (Lipinski definition) is 2. The van der Waals surface area contributed by atoms with Gasteiger partial charge < -0.3 is 10.4 Å². The summed E-state index contributed by atoms with van der Waals surface area (Å²) in [5, 5.41) is 11.8. The molecular weight excluding hydrogens is 373 g/mol. The van der Waals surface area contributed by atoms with Gasteiger partial charge in [-0.1, -0.05) is 66.7 Å². The number of ketones is 1. The molecule has 6 heteroatoms. The van der Waals surface area contributed by atoms with Crippen molar-refractivity contribution in [2.75, 3.05) is 0 Å². The highest BCUT2D eigenvalue weighted by molar-refractivity contribution is 6.08. The Kier molecular flexibility index (Phi) is 6.14. The summed E-state index contributed by atoms with van der Waals surface area (Å²) in [6.45, 7) is 0. The Labute approximate surface area is 166 Å². The highest BCUT2D eigenvalue weighted by atomic mass is 19.1. The van der Waals surface area contributed by atoms with Gasteiger partial charge in [0.25, 0.3) is 5.91 Å². The molecule has 0 fully saturated rings. The van der Waals surface area contributed by atoms with Gasteiger partial charge in [-0.05, 0) is 17.7 Å². The number of halogens is 1. The Morgan fingerprint density at radius 1 is 0.828 bits per heavy atom. The van der Waals surface area contributed by atoms with Crippen molar-refractivity contribution in [2.45, 2.75) is 12.5 Å². The molecule has 1 amide bonds. The highest BCUT2D eigenvalue weighted by Gasteiger charge is 2.22. The Morgan fingerprint density at radius 2 is 1.41 bits per heavy atom. The molecule has 3 aromatic rings. The van der Waals surface area contributed by atoms with Crippen LogP contribution in [0.5, 0.6) is 0 Å². The molecular formula is C23H18FNO4. The standard InChI is InChI=1S/C23H18FNO4/c24-19-9-5-4-8-18(19)22(27)25-20(23(28)29)14-15-10-12-17(13-11-15)21(26)16-6-2-1-3-7-16/h1-13,20H,14H2,(H,25,27)(H,28,29)/t20-/m0/s1. The molecule has 0 unspecified atom stereocenters. The smallest absolute Gasteiger partial charge is 0.326 e. The maximum absolute atomic E-state index is 13.7. The number of carboxylic acid groups (broad SMARTS) is 1. The predicted octanol–water partition coefficient (Wildman–Crippen LogP) is 3.48. The van der Waals surface area contributed by atoms with Crippen LogP contribution in [-0.2, 0) is 11.2 Å². The molecule has 0 radical (unpaired) electrons. The van der Waals surface area contributed by atoms with Gasteiger partial charge in [0.1, 0.15) is 11.9 Å². The molecule has 2 N–H and O–H groups in total. The second kappa shape index (κ2) is 8.93. The molecule has 3 aromatic carbocycles. The van der Waals surface area contributed by atoms with Gasteiger partial charge in [0, 0.05) is 17.5 Å². The number of rotatable bonds is 7. The van der Waals surface area contributed by atoms with E-state index in [0.717, 1.165) is 6.07 Å². The molecule has 0 aliphatic heterocycles. The van der Waals surface area contributed by atoms with Crippen molar-refractivity contribution in [3.05, 3.63) is 107 Å². The minimum Gasteiger partial charge on any atom is -0.480 e. The van der Waals surface area contributed by atoms with Gasteiger partial charge in [0.15, 0.2) is 5.78 Å². The molecule has 0 aliphatic rings. The summed E-state index contributed by atoms with van der Waals surface area (Å²) in [5.41, 5.74) is 1.43. The van der Waals surface area contributed by atoms with Crippen LogP contribution in [0.3, 0.4) is 0 Å². The third-order valence-corrected chi connectivity index (χ3v) is 4.41. The first-order valence-electron chi connectivity index (χ1n) is 8.92. The van der Waals surface area contributed by atoms with Gasteiger partial charge in [-0.2, -0.15) is 0 Å².